The molecule has 12 heteroatoms. The van der Waals surface area contributed by atoms with Gasteiger partial charge in [-0.25, -0.2) is 4.79 Å². The van der Waals surface area contributed by atoms with Crippen LogP contribution in [-0.2, 0) is 44.6 Å². The van der Waals surface area contributed by atoms with Crippen LogP contribution in [-0.4, -0.2) is 84.2 Å². The Kier molecular flexibility index (Phi) is 13.9. The fraction of sp³-hybridized carbons (Fsp3) is 0.452. The molecule has 4 rings (SSSR count). The second-order valence-electron chi connectivity index (χ2n) is 15.6. The summed E-state index contributed by atoms with van der Waals surface area (Å²) in [5, 5.41) is 7.92. The minimum Gasteiger partial charge on any atom is -0.459 e. The van der Waals surface area contributed by atoms with E-state index in [4.69, 9.17) is 19.9 Å². The smallest absolute Gasteiger partial charge is 0.376 e. The Morgan fingerprint density at radius 1 is 0.685 bits per heavy atom. The van der Waals surface area contributed by atoms with E-state index >= 15 is 0 Å². The number of esters is 1. The summed E-state index contributed by atoms with van der Waals surface area (Å²) in [7, 11) is 0. The number of nitrogens with two attached hydrogens (primary N) is 1. The molecule has 1 aliphatic carbocycles. The van der Waals surface area contributed by atoms with Crippen LogP contribution >= 0.6 is 0 Å². The van der Waals surface area contributed by atoms with Crippen molar-refractivity contribution in [3.63, 3.8) is 0 Å². The Bertz CT molecular complexity index is 1750. The Hall–Kier alpha value is -4.91. The monoisotopic (exact) mass is 742 g/mol. The quantitative estimate of drug-likeness (QED) is 0.125. The van der Waals surface area contributed by atoms with Crippen molar-refractivity contribution in [1.29, 1.82) is 0 Å². The Morgan fingerprint density at radius 3 is 1.76 bits per heavy atom. The summed E-state index contributed by atoms with van der Waals surface area (Å²) in [5.41, 5.74) is 9.80. The molecule has 12 nitrogen and oxygen atoms in total. The molecule has 1 aliphatic rings. The number of carbonyl (C=O) groups is 5. The molecule has 0 fully saturated rings. The van der Waals surface area contributed by atoms with Crippen LogP contribution in [0.5, 0.6) is 0 Å². The number of carbonyl (C=O) groups excluding carboxylic acids is 5. The molecule has 0 radical (unpaired) electrons. The number of rotatable bonds is 16. The van der Waals surface area contributed by atoms with Crippen LogP contribution in [0.3, 0.4) is 0 Å². The van der Waals surface area contributed by atoms with Crippen LogP contribution < -0.4 is 21.7 Å². The van der Waals surface area contributed by atoms with E-state index in [0.717, 1.165) is 27.8 Å². The second-order valence-corrected chi connectivity index (χ2v) is 15.6. The summed E-state index contributed by atoms with van der Waals surface area (Å²) in [6.45, 7) is 13.5. The first-order valence-electron chi connectivity index (χ1n) is 18.3. The molecule has 3 aromatic rings. The average molecular weight is 743 g/mol. The molecule has 5 N–H and O–H groups in total. The summed E-state index contributed by atoms with van der Waals surface area (Å²) >= 11 is 0. The zero-order valence-corrected chi connectivity index (χ0v) is 32.4. The number of benzene rings is 3. The van der Waals surface area contributed by atoms with Gasteiger partial charge in [0.1, 0.15) is 24.7 Å². The highest BCUT2D eigenvalue weighted by Gasteiger charge is 2.36. The van der Waals surface area contributed by atoms with Gasteiger partial charge in [-0.1, -0.05) is 78.9 Å². The van der Waals surface area contributed by atoms with E-state index < -0.39 is 77.6 Å². The standard InChI is InChI=1S/C42H54N4O8/c1-25(53-41(3,4)5)35(43)38(49)45-33(22-27-16-10-9-11-17-27)37(48)46-36(26(2)54-42(6,7)8)39(50)44-23-34(47)40(51)52-24-32-30-20-14-12-18-28(30)29-19-13-15-21-31(29)32/h9-21,25-26,32-33,35-36H,22-24,43H2,1-8H3,(H,44,50)(H,45,49)(H,46,48)/t25-,26-,33+,35+,36+/m1/s1. The van der Waals surface area contributed by atoms with Gasteiger partial charge in [-0.05, 0) is 83.2 Å². The Morgan fingerprint density at radius 2 is 1.20 bits per heavy atom. The topological polar surface area (TPSA) is 175 Å². The molecule has 0 aliphatic heterocycles. The highest BCUT2D eigenvalue weighted by Crippen LogP contribution is 2.44. The largest absolute Gasteiger partial charge is 0.459 e. The molecule has 0 spiro atoms. The van der Waals surface area contributed by atoms with Gasteiger partial charge < -0.3 is 35.9 Å². The minimum atomic E-state index is -1.32. The van der Waals surface area contributed by atoms with E-state index in [2.05, 4.69) is 16.0 Å². The van der Waals surface area contributed by atoms with Gasteiger partial charge in [-0.2, -0.15) is 0 Å². The lowest BCUT2D eigenvalue weighted by Crippen LogP contribution is -2.61. The molecule has 290 valence electrons. The van der Waals surface area contributed by atoms with Gasteiger partial charge in [0.05, 0.1) is 30.0 Å². The Balaban J connectivity index is 1.44. The van der Waals surface area contributed by atoms with Crippen molar-refractivity contribution in [2.24, 2.45) is 5.73 Å². The number of Topliss-reactive ketones (excluding diaryl/α,β-unsaturated/α-hetero) is 1. The van der Waals surface area contributed by atoms with Crippen molar-refractivity contribution < 1.29 is 38.2 Å². The van der Waals surface area contributed by atoms with Gasteiger partial charge in [0.25, 0.3) is 5.78 Å². The first kappa shape index (κ1) is 41.8. The van der Waals surface area contributed by atoms with E-state index in [1.807, 2.05) is 87.5 Å². The van der Waals surface area contributed by atoms with Crippen molar-refractivity contribution in [3.05, 3.63) is 95.6 Å². The number of amides is 3. The lowest BCUT2D eigenvalue weighted by molar-refractivity contribution is -0.154. The molecule has 0 heterocycles. The van der Waals surface area contributed by atoms with Crippen LogP contribution in [0.4, 0.5) is 0 Å². The summed E-state index contributed by atoms with van der Waals surface area (Å²) in [6, 6.07) is 21.2. The second kappa shape index (κ2) is 17.9. The molecule has 5 atom stereocenters. The maximum absolute atomic E-state index is 13.9. The first-order valence-corrected chi connectivity index (χ1v) is 18.3. The highest BCUT2D eigenvalue weighted by atomic mass is 16.5. The molecule has 0 unspecified atom stereocenters. The third-order valence-corrected chi connectivity index (χ3v) is 8.85. The third-order valence-electron chi connectivity index (χ3n) is 8.85. The fourth-order valence-electron chi connectivity index (χ4n) is 6.48. The van der Waals surface area contributed by atoms with Gasteiger partial charge in [0.2, 0.25) is 17.7 Å². The molecule has 0 saturated heterocycles. The van der Waals surface area contributed by atoms with Crippen LogP contribution in [0, 0.1) is 0 Å². The third kappa shape index (κ3) is 11.5. The molecular formula is C42H54N4O8. The predicted octanol–water partition coefficient (Wildman–Crippen LogP) is 3.97. The molecule has 0 bridgehead atoms. The Labute approximate surface area is 317 Å². The SMILES string of the molecule is C[C@@H](OC(C)(C)C)[C@H](N)C(=O)N[C@@H](Cc1ccccc1)C(=O)N[C@H](C(=O)NCC(=O)C(=O)OCC1c2ccccc2-c2ccccc21)[C@@H](C)OC(C)(C)C. The lowest BCUT2D eigenvalue weighted by Gasteiger charge is -2.32. The first-order chi connectivity index (χ1) is 25.3. The van der Waals surface area contributed by atoms with Crippen molar-refractivity contribution in [1.82, 2.24) is 16.0 Å². The van der Waals surface area contributed by atoms with Crippen molar-refractivity contribution in [2.45, 2.75) is 109 Å². The number of ketones is 1. The van der Waals surface area contributed by atoms with E-state index in [-0.39, 0.29) is 18.9 Å². The van der Waals surface area contributed by atoms with Gasteiger partial charge in [0.15, 0.2) is 0 Å². The summed E-state index contributed by atoms with van der Waals surface area (Å²) < 4.78 is 17.4. The van der Waals surface area contributed by atoms with E-state index in [9.17, 15) is 24.0 Å². The number of ether oxygens (including phenoxy) is 3. The highest BCUT2D eigenvalue weighted by molar-refractivity contribution is 6.34. The number of fused-ring (bicyclic) bond motifs is 3. The van der Waals surface area contributed by atoms with Crippen molar-refractivity contribution >= 4 is 29.5 Å². The summed E-state index contributed by atoms with van der Waals surface area (Å²) in [5.74, 6) is -4.37. The maximum atomic E-state index is 13.9. The maximum Gasteiger partial charge on any atom is 0.376 e. The molecule has 0 saturated carbocycles. The minimum absolute atomic E-state index is 0.0546. The molecule has 3 amide bonds. The molecule has 54 heavy (non-hydrogen) atoms. The van der Waals surface area contributed by atoms with Crippen LogP contribution in [0.1, 0.15) is 78.0 Å². The lowest BCUT2D eigenvalue weighted by atomic mass is 9.98. The number of nitrogens with one attached hydrogen (secondary N) is 3. The summed E-state index contributed by atoms with van der Waals surface area (Å²) in [6.07, 6.45) is -1.48. The molecule has 3 aromatic carbocycles. The zero-order valence-electron chi connectivity index (χ0n) is 32.4. The van der Waals surface area contributed by atoms with E-state index in [0.29, 0.717) is 0 Å². The van der Waals surface area contributed by atoms with Gasteiger partial charge in [0, 0.05) is 12.3 Å². The molecule has 0 aromatic heterocycles. The van der Waals surface area contributed by atoms with Crippen LogP contribution in [0.15, 0.2) is 78.9 Å². The van der Waals surface area contributed by atoms with Crippen molar-refractivity contribution in [3.8, 4) is 11.1 Å². The fourth-order valence-corrected chi connectivity index (χ4v) is 6.48. The van der Waals surface area contributed by atoms with E-state index in [1.54, 1.807) is 46.8 Å². The van der Waals surface area contributed by atoms with Crippen LogP contribution in [0.2, 0.25) is 0 Å². The normalized spacial score (nSPS) is 15.4. The number of hydrogen-bond acceptors (Lipinski definition) is 9. The van der Waals surface area contributed by atoms with E-state index in [1.165, 1.54) is 0 Å². The number of hydrogen-bond donors (Lipinski definition) is 4. The predicted molar refractivity (Wildman–Crippen MR) is 205 cm³/mol. The van der Waals surface area contributed by atoms with Gasteiger partial charge in [-0.15, -0.1) is 0 Å². The summed E-state index contributed by atoms with van der Waals surface area (Å²) in [4.78, 5) is 66.8. The van der Waals surface area contributed by atoms with Gasteiger partial charge in [-0.3, -0.25) is 19.2 Å². The van der Waals surface area contributed by atoms with Crippen LogP contribution in [0.25, 0.3) is 11.1 Å². The van der Waals surface area contributed by atoms with Crippen molar-refractivity contribution in [2.75, 3.05) is 13.2 Å². The zero-order chi connectivity index (χ0) is 39.8. The van der Waals surface area contributed by atoms with Gasteiger partial charge >= 0.3 is 5.97 Å². The average Bonchev–Trinajstić information content (AvgIpc) is 3.43. The molecular weight excluding hydrogens is 688 g/mol.